The van der Waals surface area contributed by atoms with Gasteiger partial charge in [-0.25, -0.2) is 4.98 Å². The van der Waals surface area contributed by atoms with Gasteiger partial charge in [-0.2, -0.15) is 0 Å². The first-order valence-electron chi connectivity index (χ1n) is 6.21. The average molecular weight is 236 g/mol. The molecule has 0 aromatic carbocycles. The summed E-state index contributed by atoms with van der Waals surface area (Å²) in [6.45, 7) is 3.39. The first kappa shape index (κ1) is 12.1. The van der Waals surface area contributed by atoms with E-state index in [0.717, 1.165) is 44.7 Å². The summed E-state index contributed by atoms with van der Waals surface area (Å²) in [5.74, 6) is 0.278. The maximum atomic E-state index is 11.7. The van der Waals surface area contributed by atoms with Crippen molar-refractivity contribution in [2.75, 3.05) is 19.6 Å². The van der Waals surface area contributed by atoms with Crippen molar-refractivity contribution in [1.82, 2.24) is 19.8 Å². The zero-order valence-corrected chi connectivity index (χ0v) is 10.4. The molecule has 2 heterocycles. The third-order valence-electron chi connectivity index (χ3n) is 3.20. The normalized spacial score (nSPS) is 15.5. The Balaban J connectivity index is 1.63. The van der Waals surface area contributed by atoms with Crippen LogP contribution in [0.5, 0.6) is 0 Å². The van der Waals surface area contributed by atoms with E-state index < -0.39 is 0 Å². The predicted octanol–water partition coefficient (Wildman–Crippen LogP) is 0.522. The van der Waals surface area contributed by atoms with E-state index >= 15 is 0 Å². The molecular formula is C12H20N4O. The molecule has 1 saturated heterocycles. The van der Waals surface area contributed by atoms with Crippen molar-refractivity contribution in [2.45, 2.75) is 25.8 Å². The molecule has 17 heavy (non-hydrogen) atoms. The molecule has 0 unspecified atom stereocenters. The number of aromatic nitrogens is 2. The monoisotopic (exact) mass is 236 g/mol. The lowest BCUT2D eigenvalue weighted by atomic mass is 10.3. The molecule has 0 aliphatic carbocycles. The summed E-state index contributed by atoms with van der Waals surface area (Å²) >= 11 is 0. The Kier molecular flexibility index (Phi) is 4.14. The number of hydrogen-bond donors (Lipinski definition) is 1. The molecule has 1 N–H and O–H groups in total. The fourth-order valence-electron chi connectivity index (χ4n) is 2.09. The standard InChI is InChI=1S/C12H20N4O/c1-15-10-14-9-11(15)8-13-5-4-12(17)16-6-2-3-7-16/h9-10,13H,2-8H2,1H3. The predicted molar refractivity (Wildman–Crippen MR) is 65.3 cm³/mol. The number of nitrogens with one attached hydrogen (secondary N) is 1. The highest BCUT2D eigenvalue weighted by molar-refractivity contribution is 5.76. The van der Waals surface area contributed by atoms with Gasteiger partial charge in [0, 0.05) is 45.8 Å². The van der Waals surface area contributed by atoms with Gasteiger partial charge in [0.05, 0.1) is 12.0 Å². The second kappa shape index (κ2) is 5.82. The van der Waals surface area contributed by atoms with Gasteiger partial charge in [-0.15, -0.1) is 0 Å². The molecule has 0 saturated carbocycles. The molecule has 0 bridgehead atoms. The maximum Gasteiger partial charge on any atom is 0.223 e. The fraction of sp³-hybridized carbons (Fsp3) is 0.667. The molecule has 1 amide bonds. The van der Waals surface area contributed by atoms with E-state index in [1.54, 1.807) is 6.33 Å². The summed E-state index contributed by atoms with van der Waals surface area (Å²) in [7, 11) is 1.97. The van der Waals surface area contributed by atoms with Crippen molar-refractivity contribution in [1.29, 1.82) is 0 Å². The number of amides is 1. The number of nitrogens with zero attached hydrogens (tertiary/aromatic N) is 3. The Bertz CT molecular complexity index is 368. The summed E-state index contributed by atoms with van der Waals surface area (Å²) in [6.07, 6.45) is 6.54. The smallest absolute Gasteiger partial charge is 0.223 e. The molecule has 0 atom stereocenters. The van der Waals surface area contributed by atoms with Crippen LogP contribution in [0.3, 0.4) is 0 Å². The molecule has 94 valence electrons. The summed E-state index contributed by atoms with van der Waals surface area (Å²) < 4.78 is 1.98. The lowest BCUT2D eigenvalue weighted by Gasteiger charge is -2.15. The second-order valence-corrected chi connectivity index (χ2v) is 4.51. The van der Waals surface area contributed by atoms with Crippen molar-refractivity contribution in [2.24, 2.45) is 7.05 Å². The van der Waals surface area contributed by atoms with E-state index in [9.17, 15) is 4.79 Å². The molecule has 5 nitrogen and oxygen atoms in total. The van der Waals surface area contributed by atoms with E-state index in [1.807, 2.05) is 22.7 Å². The van der Waals surface area contributed by atoms with E-state index in [4.69, 9.17) is 0 Å². The van der Waals surface area contributed by atoms with Crippen LogP contribution in [0.1, 0.15) is 25.0 Å². The largest absolute Gasteiger partial charge is 0.343 e. The molecule has 0 radical (unpaired) electrons. The molecule has 1 aromatic heterocycles. The number of rotatable bonds is 5. The molecule has 1 aromatic rings. The Morgan fingerprint density at radius 2 is 2.24 bits per heavy atom. The summed E-state index contributed by atoms with van der Waals surface area (Å²) in [5.41, 5.74) is 1.14. The first-order valence-corrected chi connectivity index (χ1v) is 6.21. The highest BCUT2D eigenvalue weighted by Gasteiger charge is 2.16. The van der Waals surface area contributed by atoms with Gasteiger partial charge in [-0.05, 0) is 12.8 Å². The van der Waals surface area contributed by atoms with Gasteiger partial charge < -0.3 is 14.8 Å². The van der Waals surface area contributed by atoms with Gasteiger partial charge in [0.15, 0.2) is 0 Å². The van der Waals surface area contributed by atoms with E-state index in [1.165, 1.54) is 0 Å². The summed E-state index contributed by atoms with van der Waals surface area (Å²) in [4.78, 5) is 17.8. The average Bonchev–Trinajstić information content (AvgIpc) is 2.96. The van der Waals surface area contributed by atoms with Crippen LogP contribution in [0.15, 0.2) is 12.5 Å². The number of aryl methyl sites for hydroxylation is 1. The Labute approximate surface area is 102 Å². The van der Waals surface area contributed by atoms with Gasteiger partial charge >= 0.3 is 0 Å². The van der Waals surface area contributed by atoms with Crippen LogP contribution in [0.2, 0.25) is 0 Å². The van der Waals surface area contributed by atoms with E-state index in [2.05, 4.69) is 10.3 Å². The Hall–Kier alpha value is -1.36. The number of likely N-dealkylation sites (tertiary alicyclic amines) is 1. The molecule has 2 rings (SSSR count). The van der Waals surface area contributed by atoms with Crippen LogP contribution < -0.4 is 5.32 Å². The quantitative estimate of drug-likeness (QED) is 0.758. The van der Waals surface area contributed by atoms with Crippen molar-refractivity contribution in [3.05, 3.63) is 18.2 Å². The number of carbonyl (C=O) groups excluding carboxylic acids is 1. The van der Waals surface area contributed by atoms with Crippen LogP contribution in [-0.4, -0.2) is 40.0 Å². The minimum atomic E-state index is 0.278. The zero-order chi connectivity index (χ0) is 12.1. The third kappa shape index (κ3) is 3.30. The second-order valence-electron chi connectivity index (χ2n) is 4.51. The molecule has 1 fully saturated rings. The van der Waals surface area contributed by atoms with Gasteiger partial charge in [0.1, 0.15) is 0 Å². The maximum absolute atomic E-state index is 11.7. The van der Waals surface area contributed by atoms with Gasteiger partial charge in [0.2, 0.25) is 5.91 Å². The summed E-state index contributed by atoms with van der Waals surface area (Å²) in [6, 6.07) is 0. The lowest BCUT2D eigenvalue weighted by molar-refractivity contribution is -0.130. The molecule has 0 spiro atoms. The van der Waals surface area contributed by atoms with Crippen molar-refractivity contribution in [3.63, 3.8) is 0 Å². The Morgan fingerprint density at radius 3 is 2.88 bits per heavy atom. The number of carbonyl (C=O) groups is 1. The highest BCUT2D eigenvalue weighted by Crippen LogP contribution is 2.08. The van der Waals surface area contributed by atoms with Crippen LogP contribution in [0, 0.1) is 0 Å². The molecule has 1 aliphatic rings. The van der Waals surface area contributed by atoms with Crippen LogP contribution in [0.25, 0.3) is 0 Å². The van der Waals surface area contributed by atoms with Gasteiger partial charge in [-0.1, -0.05) is 0 Å². The number of hydrogen-bond acceptors (Lipinski definition) is 3. The van der Waals surface area contributed by atoms with Crippen LogP contribution >= 0.6 is 0 Å². The molecular weight excluding hydrogens is 216 g/mol. The van der Waals surface area contributed by atoms with Crippen molar-refractivity contribution < 1.29 is 4.79 Å². The van der Waals surface area contributed by atoms with Crippen molar-refractivity contribution >= 4 is 5.91 Å². The highest BCUT2D eigenvalue weighted by atomic mass is 16.2. The SMILES string of the molecule is Cn1cncc1CNCCC(=O)N1CCCC1. The van der Waals surface area contributed by atoms with Gasteiger partial charge in [0.25, 0.3) is 0 Å². The zero-order valence-electron chi connectivity index (χ0n) is 10.4. The first-order chi connectivity index (χ1) is 8.27. The molecule has 1 aliphatic heterocycles. The van der Waals surface area contributed by atoms with Gasteiger partial charge in [-0.3, -0.25) is 4.79 Å². The summed E-state index contributed by atoms with van der Waals surface area (Å²) in [5, 5.41) is 3.27. The van der Waals surface area contributed by atoms with Crippen LogP contribution in [-0.2, 0) is 18.4 Å². The van der Waals surface area contributed by atoms with E-state index in [0.29, 0.717) is 6.42 Å². The topological polar surface area (TPSA) is 50.2 Å². The third-order valence-corrected chi connectivity index (χ3v) is 3.20. The minimum absolute atomic E-state index is 0.278. The lowest BCUT2D eigenvalue weighted by Crippen LogP contribution is -2.30. The Morgan fingerprint density at radius 1 is 1.47 bits per heavy atom. The molecule has 5 heteroatoms. The van der Waals surface area contributed by atoms with Crippen molar-refractivity contribution in [3.8, 4) is 0 Å². The van der Waals surface area contributed by atoms with E-state index in [-0.39, 0.29) is 5.91 Å². The fourth-order valence-corrected chi connectivity index (χ4v) is 2.09. The van der Waals surface area contributed by atoms with Crippen LogP contribution in [0.4, 0.5) is 0 Å². The number of imidazole rings is 1. The minimum Gasteiger partial charge on any atom is -0.343 e.